The lowest BCUT2D eigenvalue weighted by molar-refractivity contribution is -0.143. The Hall–Kier alpha value is -1.48. The Bertz CT molecular complexity index is 483. The van der Waals surface area contributed by atoms with Gasteiger partial charge in [0.25, 0.3) is 0 Å². The third kappa shape index (κ3) is 6.10. The monoisotopic (exact) mass is 350 g/mol. The summed E-state index contributed by atoms with van der Waals surface area (Å²) in [5.41, 5.74) is -3.49. The van der Waals surface area contributed by atoms with E-state index in [2.05, 4.69) is 5.32 Å². The zero-order valence-corrected chi connectivity index (χ0v) is 12.0. The van der Waals surface area contributed by atoms with Gasteiger partial charge in [0, 0.05) is 18.7 Å². The van der Waals surface area contributed by atoms with Crippen molar-refractivity contribution in [3.8, 4) is 0 Å². The second kappa shape index (κ2) is 7.68. The fraction of sp³-hybridized carbons (Fsp3) is 0.417. The van der Waals surface area contributed by atoms with E-state index in [9.17, 15) is 31.1 Å². The van der Waals surface area contributed by atoms with Crippen LogP contribution in [0.25, 0.3) is 0 Å². The summed E-state index contributed by atoms with van der Waals surface area (Å²) in [6.45, 7) is 0.247. The predicted molar refractivity (Wildman–Crippen MR) is 70.9 cm³/mol. The van der Waals surface area contributed by atoms with E-state index in [0.717, 1.165) is 0 Å². The molecule has 126 valence electrons. The second-order valence-corrected chi connectivity index (χ2v) is 4.20. The molecule has 0 spiro atoms. The van der Waals surface area contributed by atoms with E-state index < -0.39 is 35.1 Å². The minimum absolute atomic E-state index is 0. The fourth-order valence-corrected chi connectivity index (χ4v) is 1.49. The number of hydrogen-bond acceptors (Lipinski definition) is 2. The van der Waals surface area contributed by atoms with Crippen LogP contribution in [0.3, 0.4) is 0 Å². The Labute approximate surface area is 128 Å². The summed E-state index contributed by atoms with van der Waals surface area (Å²) < 4.78 is 75.5. The van der Waals surface area contributed by atoms with Crippen molar-refractivity contribution in [2.24, 2.45) is 0 Å². The highest BCUT2D eigenvalue weighted by Gasteiger charge is 2.37. The van der Waals surface area contributed by atoms with Gasteiger partial charge in [0.05, 0.1) is 11.1 Å². The summed E-state index contributed by atoms with van der Waals surface area (Å²) in [4.78, 5) is 11.4. The number of amides is 1. The topological polar surface area (TPSA) is 41.1 Å². The molecule has 0 aromatic heterocycles. The van der Waals surface area contributed by atoms with Crippen molar-refractivity contribution in [2.75, 3.05) is 18.9 Å². The van der Waals surface area contributed by atoms with Gasteiger partial charge in [-0.15, -0.1) is 12.4 Å². The molecule has 0 aliphatic heterocycles. The number of rotatable bonds is 4. The molecule has 0 atom stereocenters. The van der Waals surface area contributed by atoms with Crippen molar-refractivity contribution in [2.45, 2.75) is 18.8 Å². The lowest BCUT2D eigenvalue weighted by Gasteiger charge is -2.14. The molecule has 1 aromatic carbocycles. The van der Waals surface area contributed by atoms with E-state index >= 15 is 0 Å². The van der Waals surface area contributed by atoms with E-state index in [1.807, 2.05) is 5.32 Å². The number of carbonyl (C=O) groups excluding carboxylic acids is 1. The molecule has 0 radical (unpaired) electrons. The first kappa shape index (κ1) is 20.5. The molecule has 1 amide bonds. The van der Waals surface area contributed by atoms with Gasteiger partial charge in [0.2, 0.25) is 5.91 Å². The first-order chi connectivity index (χ1) is 9.54. The van der Waals surface area contributed by atoms with Gasteiger partial charge in [-0.1, -0.05) is 0 Å². The van der Waals surface area contributed by atoms with Crippen LogP contribution in [-0.4, -0.2) is 19.5 Å². The Morgan fingerprint density at radius 2 is 1.45 bits per heavy atom. The maximum Gasteiger partial charge on any atom is 0.416 e. The van der Waals surface area contributed by atoms with Gasteiger partial charge < -0.3 is 10.6 Å². The molecular weight excluding hydrogens is 338 g/mol. The normalized spacial score (nSPS) is 11.8. The average molecular weight is 351 g/mol. The molecule has 0 aliphatic rings. The van der Waals surface area contributed by atoms with Crippen LogP contribution >= 0.6 is 12.4 Å². The number of hydrogen-bond donors (Lipinski definition) is 2. The number of halogens is 7. The third-order valence-corrected chi connectivity index (χ3v) is 2.47. The zero-order valence-electron chi connectivity index (χ0n) is 11.2. The molecule has 1 aromatic rings. The molecule has 22 heavy (non-hydrogen) atoms. The molecule has 0 unspecified atom stereocenters. The summed E-state index contributed by atoms with van der Waals surface area (Å²) in [7, 11) is 1.55. The standard InChI is InChI=1S/C12H12F6N2O.ClH/c1-19-3-2-10(21)20-9-5-7(11(13,14)15)4-8(6-9)12(16,17)18;/h4-6,19H,2-3H2,1H3,(H,20,21);1H. The highest BCUT2D eigenvalue weighted by molar-refractivity contribution is 5.91. The van der Waals surface area contributed by atoms with E-state index in [0.29, 0.717) is 12.1 Å². The average Bonchev–Trinajstić information content (AvgIpc) is 2.34. The molecule has 2 N–H and O–H groups in total. The van der Waals surface area contributed by atoms with Crippen LogP contribution in [0.2, 0.25) is 0 Å². The molecule has 3 nitrogen and oxygen atoms in total. The van der Waals surface area contributed by atoms with Crippen molar-refractivity contribution in [1.29, 1.82) is 0 Å². The van der Waals surface area contributed by atoms with Crippen molar-refractivity contribution in [1.82, 2.24) is 5.32 Å². The molecule has 0 saturated carbocycles. The summed E-state index contributed by atoms with van der Waals surface area (Å²) >= 11 is 0. The van der Waals surface area contributed by atoms with E-state index in [1.54, 1.807) is 7.05 Å². The minimum atomic E-state index is -4.94. The Morgan fingerprint density at radius 3 is 1.82 bits per heavy atom. The quantitative estimate of drug-likeness (QED) is 0.813. The van der Waals surface area contributed by atoms with Crippen LogP contribution in [0, 0.1) is 0 Å². The molecule has 0 saturated heterocycles. The van der Waals surface area contributed by atoms with E-state index in [4.69, 9.17) is 0 Å². The van der Waals surface area contributed by atoms with Crippen LogP contribution in [-0.2, 0) is 17.1 Å². The van der Waals surface area contributed by atoms with Crippen molar-refractivity contribution < 1.29 is 31.1 Å². The summed E-state index contributed by atoms with van der Waals surface area (Å²) in [6, 6.07) is 0.933. The number of benzene rings is 1. The zero-order chi connectivity index (χ0) is 16.3. The predicted octanol–water partition coefficient (Wildman–Crippen LogP) is 3.69. The smallest absolute Gasteiger partial charge is 0.326 e. The van der Waals surface area contributed by atoms with Gasteiger partial charge in [-0.2, -0.15) is 26.3 Å². The molecule has 0 aliphatic carbocycles. The summed E-state index contributed by atoms with van der Waals surface area (Å²) in [5.74, 6) is -0.684. The van der Waals surface area contributed by atoms with Crippen LogP contribution < -0.4 is 10.6 Å². The molecule has 0 fully saturated rings. The first-order valence-electron chi connectivity index (χ1n) is 5.78. The van der Waals surface area contributed by atoms with Crippen LogP contribution in [0.15, 0.2) is 18.2 Å². The lowest BCUT2D eigenvalue weighted by atomic mass is 10.1. The van der Waals surface area contributed by atoms with Crippen LogP contribution in [0.4, 0.5) is 32.0 Å². The van der Waals surface area contributed by atoms with Crippen LogP contribution in [0.1, 0.15) is 17.5 Å². The second-order valence-electron chi connectivity index (χ2n) is 4.20. The van der Waals surface area contributed by atoms with Crippen molar-refractivity contribution in [3.63, 3.8) is 0 Å². The van der Waals surface area contributed by atoms with Gasteiger partial charge >= 0.3 is 12.4 Å². The Kier molecular flexibility index (Phi) is 7.17. The molecular formula is C12H13ClF6N2O. The highest BCUT2D eigenvalue weighted by atomic mass is 35.5. The van der Waals surface area contributed by atoms with Crippen molar-refractivity contribution in [3.05, 3.63) is 29.3 Å². The molecule has 0 heterocycles. The third-order valence-electron chi connectivity index (χ3n) is 2.47. The lowest BCUT2D eigenvalue weighted by Crippen LogP contribution is -2.19. The Morgan fingerprint density at radius 1 is 1.00 bits per heavy atom. The van der Waals surface area contributed by atoms with E-state index in [-0.39, 0.29) is 31.4 Å². The number of alkyl halides is 6. The Balaban J connectivity index is 0.00000441. The molecule has 0 bridgehead atoms. The van der Waals surface area contributed by atoms with Gasteiger partial charge in [-0.05, 0) is 25.2 Å². The molecule has 10 heteroatoms. The number of carbonyl (C=O) groups is 1. The summed E-state index contributed by atoms with van der Waals surface area (Å²) in [6.07, 6.45) is -9.95. The largest absolute Gasteiger partial charge is 0.416 e. The van der Waals surface area contributed by atoms with Gasteiger partial charge in [-0.25, -0.2) is 0 Å². The number of nitrogens with one attached hydrogen (secondary N) is 2. The fourth-order valence-electron chi connectivity index (χ4n) is 1.49. The summed E-state index contributed by atoms with van der Waals surface area (Å²) in [5, 5.41) is 4.66. The first-order valence-corrected chi connectivity index (χ1v) is 5.78. The molecule has 1 rings (SSSR count). The maximum absolute atomic E-state index is 12.6. The van der Waals surface area contributed by atoms with Gasteiger partial charge in [0.1, 0.15) is 0 Å². The van der Waals surface area contributed by atoms with E-state index in [1.165, 1.54) is 0 Å². The maximum atomic E-state index is 12.6. The van der Waals surface area contributed by atoms with Gasteiger partial charge in [0.15, 0.2) is 0 Å². The van der Waals surface area contributed by atoms with Gasteiger partial charge in [-0.3, -0.25) is 4.79 Å². The van der Waals surface area contributed by atoms with Crippen molar-refractivity contribution >= 4 is 24.0 Å². The number of anilines is 1. The highest BCUT2D eigenvalue weighted by Crippen LogP contribution is 2.37. The minimum Gasteiger partial charge on any atom is -0.326 e. The van der Waals surface area contributed by atoms with Crippen LogP contribution in [0.5, 0.6) is 0 Å². The SMILES string of the molecule is CNCCC(=O)Nc1cc(C(F)(F)F)cc(C(F)(F)F)c1.Cl.